The highest BCUT2D eigenvalue weighted by Crippen LogP contribution is 2.13. The van der Waals surface area contributed by atoms with Gasteiger partial charge in [-0.05, 0) is 42.0 Å². The van der Waals surface area contributed by atoms with E-state index in [0.717, 1.165) is 0 Å². The highest BCUT2D eigenvalue weighted by molar-refractivity contribution is 7.98. The number of amides is 3. The Bertz CT molecular complexity index is 1080. The number of carboxylic acids is 1. The van der Waals surface area contributed by atoms with Gasteiger partial charge in [0.15, 0.2) is 0 Å². The van der Waals surface area contributed by atoms with Crippen LogP contribution >= 0.6 is 11.8 Å². The molecule has 0 aliphatic heterocycles. The summed E-state index contributed by atoms with van der Waals surface area (Å²) in [4.78, 5) is 58.0. The van der Waals surface area contributed by atoms with Crippen LogP contribution in [-0.4, -0.2) is 80.0 Å². The number of nitrogens with two attached hydrogens (primary N) is 1. The second-order valence-electron chi connectivity index (χ2n) is 9.37. The van der Waals surface area contributed by atoms with Crippen molar-refractivity contribution < 1.29 is 29.4 Å². The Kier molecular flexibility index (Phi) is 12.8. The molecular weight excluding hydrogens is 524 g/mol. The number of aromatic amines is 1. The topological polar surface area (TPSA) is 200 Å². The first-order valence-electron chi connectivity index (χ1n) is 12.7. The third kappa shape index (κ3) is 10.2. The molecule has 39 heavy (non-hydrogen) atoms. The van der Waals surface area contributed by atoms with E-state index in [9.17, 15) is 29.4 Å². The molecule has 1 heterocycles. The first kappa shape index (κ1) is 31.6. The first-order valence-corrected chi connectivity index (χ1v) is 14.1. The Morgan fingerprint density at radius 3 is 2.26 bits per heavy atom. The summed E-state index contributed by atoms with van der Waals surface area (Å²) < 4.78 is 0. The summed E-state index contributed by atoms with van der Waals surface area (Å²) in [6.45, 7) is 3.68. The summed E-state index contributed by atoms with van der Waals surface area (Å²) in [6, 6.07) is 1.87. The molecule has 1 aromatic carbocycles. The van der Waals surface area contributed by atoms with E-state index < -0.39 is 47.9 Å². The quantitative estimate of drug-likeness (QED) is 0.153. The molecule has 0 spiro atoms. The summed E-state index contributed by atoms with van der Waals surface area (Å²) in [7, 11) is 0. The van der Waals surface area contributed by atoms with Crippen LogP contribution in [0, 0.1) is 5.92 Å². The van der Waals surface area contributed by atoms with E-state index in [4.69, 9.17) is 5.73 Å². The molecule has 0 saturated heterocycles. The number of hydrogen-bond acceptors (Lipinski definition) is 8. The van der Waals surface area contributed by atoms with Gasteiger partial charge in [0, 0.05) is 24.7 Å². The number of hydrogen-bond donors (Lipinski definition) is 7. The monoisotopic (exact) mass is 562 g/mol. The Hall–Kier alpha value is -3.58. The lowest BCUT2D eigenvalue weighted by Crippen LogP contribution is -2.59. The minimum absolute atomic E-state index is 0.00960. The largest absolute Gasteiger partial charge is 0.508 e. The molecule has 2 aromatic rings. The molecule has 13 heteroatoms. The molecule has 0 saturated carbocycles. The van der Waals surface area contributed by atoms with Gasteiger partial charge in [-0.3, -0.25) is 14.4 Å². The highest BCUT2D eigenvalue weighted by Gasteiger charge is 2.32. The molecule has 12 nitrogen and oxygen atoms in total. The van der Waals surface area contributed by atoms with Crippen molar-refractivity contribution in [3.8, 4) is 5.75 Å². The van der Waals surface area contributed by atoms with Crippen molar-refractivity contribution in [1.29, 1.82) is 0 Å². The maximum absolute atomic E-state index is 13.3. The molecule has 2 rings (SSSR count). The number of phenolic OH excluding ortho intramolecular Hbond substituents is 1. The number of carbonyl (C=O) groups excluding carboxylic acids is 3. The minimum Gasteiger partial charge on any atom is -0.508 e. The van der Waals surface area contributed by atoms with Crippen molar-refractivity contribution >= 4 is 35.5 Å². The molecule has 0 bridgehead atoms. The third-order valence-electron chi connectivity index (χ3n) is 6.36. The summed E-state index contributed by atoms with van der Waals surface area (Å²) in [6.07, 6.45) is 5.92. The molecule has 0 radical (unpaired) electrons. The molecule has 1 aromatic heterocycles. The van der Waals surface area contributed by atoms with Gasteiger partial charge in [0.2, 0.25) is 17.7 Å². The number of nitrogens with zero attached hydrogens (tertiary/aromatic N) is 1. The lowest BCUT2D eigenvalue weighted by atomic mass is 9.97. The summed E-state index contributed by atoms with van der Waals surface area (Å²) in [5.41, 5.74) is 7.33. The SMILES string of the molecule is CCC(C)C(NC(=O)C(N)Cc1cnc[nH]1)C(=O)NC(CCSC)C(=O)NC(Cc1ccc(O)cc1)C(=O)O. The fourth-order valence-corrected chi connectivity index (χ4v) is 4.27. The summed E-state index contributed by atoms with van der Waals surface area (Å²) in [5.74, 6) is -2.65. The molecule has 8 N–H and O–H groups in total. The Morgan fingerprint density at radius 1 is 1.03 bits per heavy atom. The fourth-order valence-electron chi connectivity index (χ4n) is 3.79. The number of rotatable bonds is 16. The van der Waals surface area contributed by atoms with Crippen molar-refractivity contribution in [1.82, 2.24) is 25.9 Å². The third-order valence-corrected chi connectivity index (χ3v) is 7.00. The van der Waals surface area contributed by atoms with E-state index in [2.05, 4.69) is 25.9 Å². The second-order valence-corrected chi connectivity index (χ2v) is 10.4. The Balaban J connectivity index is 2.12. The number of nitrogens with one attached hydrogen (secondary N) is 4. The molecule has 5 unspecified atom stereocenters. The van der Waals surface area contributed by atoms with Crippen LogP contribution in [0.25, 0.3) is 0 Å². The Labute approximate surface area is 231 Å². The normalized spacial score (nSPS) is 14.9. The summed E-state index contributed by atoms with van der Waals surface area (Å²) >= 11 is 1.47. The van der Waals surface area contributed by atoms with Gasteiger partial charge in [0.25, 0.3) is 0 Å². The van der Waals surface area contributed by atoms with Gasteiger partial charge in [-0.15, -0.1) is 0 Å². The molecule has 5 atom stereocenters. The van der Waals surface area contributed by atoms with Gasteiger partial charge < -0.3 is 36.9 Å². The van der Waals surface area contributed by atoms with E-state index in [1.807, 2.05) is 13.2 Å². The second kappa shape index (κ2) is 15.7. The van der Waals surface area contributed by atoms with Gasteiger partial charge in [0.1, 0.15) is 23.9 Å². The zero-order chi connectivity index (χ0) is 28.9. The number of imidazole rings is 1. The van der Waals surface area contributed by atoms with Crippen LogP contribution in [0.3, 0.4) is 0 Å². The number of thioether (sulfide) groups is 1. The van der Waals surface area contributed by atoms with Crippen LogP contribution in [0.15, 0.2) is 36.8 Å². The van der Waals surface area contributed by atoms with Crippen molar-refractivity contribution in [3.05, 3.63) is 48.0 Å². The van der Waals surface area contributed by atoms with Gasteiger partial charge in [0.05, 0.1) is 12.4 Å². The molecule has 214 valence electrons. The zero-order valence-corrected chi connectivity index (χ0v) is 23.2. The van der Waals surface area contributed by atoms with Gasteiger partial charge in [-0.2, -0.15) is 11.8 Å². The number of benzene rings is 1. The summed E-state index contributed by atoms with van der Waals surface area (Å²) in [5, 5.41) is 27.1. The van der Waals surface area contributed by atoms with Crippen molar-refractivity contribution in [2.24, 2.45) is 11.7 Å². The zero-order valence-electron chi connectivity index (χ0n) is 22.3. The lowest BCUT2D eigenvalue weighted by molar-refractivity contribution is -0.142. The number of aromatic nitrogens is 2. The van der Waals surface area contributed by atoms with Crippen LogP contribution in [0.2, 0.25) is 0 Å². The molecular formula is C26H38N6O6S. The van der Waals surface area contributed by atoms with Gasteiger partial charge >= 0.3 is 5.97 Å². The predicted molar refractivity (Wildman–Crippen MR) is 148 cm³/mol. The maximum atomic E-state index is 13.3. The molecule has 0 aliphatic rings. The number of aromatic hydroxyl groups is 1. The standard InChI is InChI=1S/C26H38N6O6S/c1-4-15(2)22(32-23(34)19(27)12-17-13-28-14-29-17)25(36)30-20(9-10-39-3)24(35)31-21(26(37)38)11-16-5-7-18(33)8-6-16/h5-8,13-15,19-22,33H,4,9-12,27H2,1-3H3,(H,28,29)(H,30,36)(H,31,35)(H,32,34)(H,37,38). The smallest absolute Gasteiger partial charge is 0.326 e. The number of H-pyrrole nitrogens is 1. The highest BCUT2D eigenvalue weighted by atomic mass is 32.2. The lowest BCUT2D eigenvalue weighted by Gasteiger charge is -2.28. The molecule has 0 fully saturated rings. The van der Waals surface area contributed by atoms with Crippen molar-refractivity contribution in [2.45, 2.75) is 63.7 Å². The van der Waals surface area contributed by atoms with Crippen LogP contribution in [0.5, 0.6) is 5.75 Å². The average molecular weight is 563 g/mol. The Morgan fingerprint density at radius 2 is 1.69 bits per heavy atom. The molecule has 0 aliphatic carbocycles. The number of aliphatic carboxylic acids is 1. The van der Waals surface area contributed by atoms with E-state index in [-0.39, 0.29) is 30.9 Å². The predicted octanol–water partition coefficient (Wildman–Crippen LogP) is 0.566. The van der Waals surface area contributed by atoms with Gasteiger partial charge in [-0.1, -0.05) is 32.4 Å². The van der Waals surface area contributed by atoms with Crippen molar-refractivity contribution in [2.75, 3.05) is 12.0 Å². The van der Waals surface area contributed by atoms with E-state index in [1.165, 1.54) is 30.2 Å². The fraction of sp³-hybridized carbons (Fsp3) is 0.500. The first-order chi connectivity index (χ1) is 18.5. The number of carboxylic acid groups (broad SMARTS) is 1. The van der Waals surface area contributed by atoms with Crippen LogP contribution in [0.4, 0.5) is 0 Å². The minimum atomic E-state index is -1.25. The number of carbonyl (C=O) groups is 4. The van der Waals surface area contributed by atoms with Crippen LogP contribution in [0.1, 0.15) is 37.9 Å². The van der Waals surface area contributed by atoms with E-state index >= 15 is 0 Å². The number of phenols is 1. The maximum Gasteiger partial charge on any atom is 0.326 e. The van der Waals surface area contributed by atoms with E-state index in [1.54, 1.807) is 25.3 Å². The average Bonchev–Trinajstić information content (AvgIpc) is 3.42. The van der Waals surface area contributed by atoms with Crippen LogP contribution < -0.4 is 21.7 Å². The van der Waals surface area contributed by atoms with Crippen LogP contribution in [-0.2, 0) is 32.0 Å². The molecule has 3 amide bonds. The van der Waals surface area contributed by atoms with E-state index in [0.29, 0.717) is 23.4 Å². The van der Waals surface area contributed by atoms with Gasteiger partial charge in [-0.25, -0.2) is 9.78 Å². The van der Waals surface area contributed by atoms with Crippen molar-refractivity contribution in [3.63, 3.8) is 0 Å².